The van der Waals surface area contributed by atoms with Gasteiger partial charge in [0.25, 0.3) is 5.56 Å². The molecule has 1 aromatic heterocycles. The highest BCUT2D eigenvalue weighted by Gasteiger charge is 2.34. The average Bonchev–Trinajstić information content (AvgIpc) is 3.43. The number of hydrogen-bond donors (Lipinski definition) is 0. The summed E-state index contributed by atoms with van der Waals surface area (Å²) in [5.41, 5.74) is 2.69. The number of rotatable bonds is 12. The van der Waals surface area contributed by atoms with E-state index in [2.05, 4.69) is 69.4 Å². The number of esters is 2. The largest absolute Gasteiger partial charge is 0.490 e. The van der Waals surface area contributed by atoms with Gasteiger partial charge in [0.05, 0.1) is 45.7 Å². The van der Waals surface area contributed by atoms with Crippen LogP contribution in [0.15, 0.2) is 93.9 Å². The monoisotopic (exact) mass is 944 g/mol. The van der Waals surface area contributed by atoms with Crippen LogP contribution in [0.4, 0.5) is 0 Å². The Kier molecular flexibility index (Phi) is 12.0. The Morgan fingerprint density at radius 3 is 2.50 bits per heavy atom. The maximum Gasteiger partial charge on any atom is 0.343 e. The number of nitrogens with zero attached hydrogens (tertiary/aromatic N) is 2. The van der Waals surface area contributed by atoms with Crippen LogP contribution in [0.2, 0.25) is 0 Å². The van der Waals surface area contributed by atoms with Gasteiger partial charge in [-0.3, -0.25) is 9.36 Å². The van der Waals surface area contributed by atoms with E-state index in [1.807, 2.05) is 43.3 Å². The number of fused-ring (bicyclic) bond motifs is 2. The van der Waals surface area contributed by atoms with Gasteiger partial charge in [0, 0.05) is 9.13 Å². The Labute approximate surface area is 331 Å². The molecule has 1 aliphatic rings. The Bertz CT molecular complexity index is 2400. The van der Waals surface area contributed by atoms with Crippen LogP contribution in [0.1, 0.15) is 43.5 Å². The number of carbonyl (C=O) groups is 2. The lowest BCUT2D eigenvalue weighted by Gasteiger charge is -2.25. The summed E-state index contributed by atoms with van der Waals surface area (Å²) in [6.07, 6.45) is 1.82. The number of hydrogen-bond acceptors (Lipinski definition) is 10. The van der Waals surface area contributed by atoms with Gasteiger partial charge in [-0.1, -0.05) is 59.9 Å². The fraction of sp³-hybridized carbons (Fsp3) is 0.231. The number of benzene rings is 4. The molecule has 6 rings (SSSR count). The van der Waals surface area contributed by atoms with Crippen molar-refractivity contribution in [3.63, 3.8) is 0 Å². The predicted molar refractivity (Wildman–Crippen MR) is 216 cm³/mol. The van der Waals surface area contributed by atoms with Gasteiger partial charge in [-0.15, -0.1) is 0 Å². The second kappa shape index (κ2) is 16.6. The number of halogens is 2. The zero-order valence-electron chi connectivity index (χ0n) is 28.7. The first-order chi connectivity index (χ1) is 25.1. The molecule has 0 aliphatic carbocycles. The van der Waals surface area contributed by atoms with Crippen molar-refractivity contribution in [2.24, 2.45) is 4.99 Å². The summed E-state index contributed by atoms with van der Waals surface area (Å²) in [5.74, 6) is 0.176. The van der Waals surface area contributed by atoms with Gasteiger partial charge in [-0.05, 0) is 118 Å². The first-order valence-corrected chi connectivity index (χ1v) is 19.3. The highest BCUT2D eigenvalue weighted by molar-refractivity contribution is 14.1. The number of methoxy groups -OCH3 is 1. The van der Waals surface area contributed by atoms with E-state index in [1.165, 1.54) is 23.0 Å². The Morgan fingerprint density at radius 2 is 1.73 bits per heavy atom. The molecular formula is C39H34I2N2O8S. The normalized spacial score (nSPS) is 14.1. The van der Waals surface area contributed by atoms with E-state index >= 15 is 0 Å². The molecule has 52 heavy (non-hydrogen) atoms. The fourth-order valence-electron chi connectivity index (χ4n) is 5.93. The molecule has 2 heterocycles. The zero-order valence-corrected chi connectivity index (χ0v) is 33.9. The fourth-order valence-corrected chi connectivity index (χ4v) is 9.02. The molecule has 4 aromatic carbocycles. The third-order valence-corrected chi connectivity index (χ3v) is 10.7. The Morgan fingerprint density at radius 1 is 0.942 bits per heavy atom. The van der Waals surface area contributed by atoms with Crippen LogP contribution in [0.5, 0.6) is 17.2 Å². The Balaban J connectivity index is 1.46. The van der Waals surface area contributed by atoms with Gasteiger partial charge in [0.15, 0.2) is 22.9 Å². The highest BCUT2D eigenvalue weighted by Crippen LogP contribution is 2.37. The summed E-state index contributed by atoms with van der Waals surface area (Å²) in [7, 11) is 1.28. The van der Waals surface area contributed by atoms with E-state index in [0.29, 0.717) is 51.1 Å². The summed E-state index contributed by atoms with van der Waals surface area (Å²) in [6.45, 7) is 5.74. The molecule has 10 nitrogen and oxygen atoms in total. The van der Waals surface area contributed by atoms with Crippen LogP contribution in [0.3, 0.4) is 0 Å². The van der Waals surface area contributed by atoms with Crippen molar-refractivity contribution in [1.82, 2.24) is 4.57 Å². The standard InChI is InChI=1S/C39H34I2N2O8S/c1-5-48-31-17-24(14-15-30(31)50-21-33(44)47-4)35-34(38(46)49-6-2)22(3)42-39-43(35)37(45)32(52-39)18-26-16-27(40)19-29(41)36(26)51-20-25-12-9-11-23-10-7-8-13-28(23)25/h7-19,35H,5-6,20-21H2,1-4H3/b32-18+/t35-/m0/s1. The lowest BCUT2D eigenvalue weighted by atomic mass is 9.95. The summed E-state index contributed by atoms with van der Waals surface area (Å²) in [6, 6.07) is 22.5. The van der Waals surface area contributed by atoms with Crippen LogP contribution in [-0.4, -0.2) is 43.4 Å². The minimum absolute atomic E-state index is 0.143. The maximum atomic E-state index is 14.5. The average molecular weight is 945 g/mol. The van der Waals surface area contributed by atoms with Crippen LogP contribution < -0.4 is 29.1 Å². The molecule has 0 saturated heterocycles. The molecule has 5 aromatic rings. The highest BCUT2D eigenvalue weighted by atomic mass is 127. The molecular weight excluding hydrogens is 910 g/mol. The molecule has 0 unspecified atom stereocenters. The van der Waals surface area contributed by atoms with Gasteiger partial charge in [-0.2, -0.15) is 0 Å². The summed E-state index contributed by atoms with van der Waals surface area (Å²) in [5, 5.41) is 2.25. The topological polar surface area (TPSA) is 115 Å². The lowest BCUT2D eigenvalue weighted by molar-refractivity contribution is -0.143. The molecule has 0 saturated carbocycles. The van der Waals surface area contributed by atoms with Crippen molar-refractivity contribution in [3.05, 3.63) is 128 Å². The smallest absolute Gasteiger partial charge is 0.343 e. The molecule has 0 bridgehead atoms. The van der Waals surface area contributed by atoms with Gasteiger partial charge in [0.1, 0.15) is 12.4 Å². The van der Waals surface area contributed by atoms with Gasteiger partial charge < -0.3 is 23.7 Å². The first-order valence-electron chi connectivity index (χ1n) is 16.4. The summed E-state index contributed by atoms with van der Waals surface area (Å²) < 4.78 is 32.1. The van der Waals surface area contributed by atoms with Crippen LogP contribution in [0, 0.1) is 7.14 Å². The third-order valence-electron chi connectivity index (χ3n) is 8.25. The van der Waals surface area contributed by atoms with Crippen molar-refractivity contribution in [1.29, 1.82) is 0 Å². The first kappa shape index (κ1) is 37.5. The number of thiazole rings is 1. The summed E-state index contributed by atoms with van der Waals surface area (Å²) in [4.78, 5) is 44.9. The van der Waals surface area contributed by atoms with E-state index < -0.39 is 18.0 Å². The lowest BCUT2D eigenvalue weighted by Crippen LogP contribution is -2.40. The van der Waals surface area contributed by atoms with Crippen molar-refractivity contribution in [2.45, 2.75) is 33.4 Å². The van der Waals surface area contributed by atoms with Crippen LogP contribution in [-0.2, 0) is 25.7 Å². The summed E-state index contributed by atoms with van der Waals surface area (Å²) >= 11 is 5.75. The van der Waals surface area contributed by atoms with Crippen molar-refractivity contribution in [2.75, 3.05) is 26.9 Å². The van der Waals surface area contributed by atoms with Crippen molar-refractivity contribution in [3.8, 4) is 17.2 Å². The molecule has 13 heteroatoms. The minimum Gasteiger partial charge on any atom is -0.490 e. The van der Waals surface area contributed by atoms with Crippen LogP contribution >= 0.6 is 56.5 Å². The molecule has 0 fully saturated rings. The maximum absolute atomic E-state index is 14.5. The Hall–Kier alpha value is -4.22. The number of aromatic nitrogens is 1. The molecule has 0 radical (unpaired) electrons. The number of ether oxygens (including phenoxy) is 5. The quantitative estimate of drug-likeness (QED) is 0.101. The van der Waals surface area contributed by atoms with E-state index in [1.54, 1.807) is 32.0 Å². The van der Waals surface area contributed by atoms with Gasteiger partial charge in [-0.25, -0.2) is 14.6 Å². The van der Waals surface area contributed by atoms with E-state index in [-0.39, 0.29) is 24.3 Å². The zero-order chi connectivity index (χ0) is 36.9. The van der Waals surface area contributed by atoms with Crippen molar-refractivity contribution >= 4 is 85.3 Å². The number of allylic oxidation sites excluding steroid dienone is 1. The van der Waals surface area contributed by atoms with Gasteiger partial charge in [0.2, 0.25) is 0 Å². The molecule has 268 valence electrons. The predicted octanol–water partition coefficient (Wildman–Crippen LogP) is 6.69. The third kappa shape index (κ3) is 7.90. The molecule has 0 amide bonds. The second-order valence-electron chi connectivity index (χ2n) is 11.5. The van der Waals surface area contributed by atoms with E-state index in [0.717, 1.165) is 29.0 Å². The molecule has 0 spiro atoms. The van der Waals surface area contributed by atoms with E-state index in [9.17, 15) is 14.4 Å². The SMILES string of the molecule is CCOC(=O)C1=C(C)N=c2s/c(=C/c3cc(I)cc(I)c3OCc3cccc4ccccc34)c(=O)n2[C@H]1c1ccc(OCC(=O)OC)c(OCC)c1. The second-order valence-corrected chi connectivity index (χ2v) is 15.0. The minimum atomic E-state index is -0.885. The van der Waals surface area contributed by atoms with Crippen LogP contribution in [0.25, 0.3) is 16.8 Å². The van der Waals surface area contributed by atoms with E-state index in [4.69, 9.17) is 28.7 Å². The van der Waals surface area contributed by atoms with Gasteiger partial charge >= 0.3 is 11.9 Å². The van der Waals surface area contributed by atoms with Crippen molar-refractivity contribution < 1.29 is 33.3 Å². The molecule has 1 aliphatic heterocycles. The molecule has 1 atom stereocenters. The number of carbonyl (C=O) groups excluding carboxylic acids is 2. The molecule has 0 N–H and O–H groups in total.